The van der Waals surface area contributed by atoms with Crippen molar-refractivity contribution in [2.45, 2.75) is 19.1 Å². The molecule has 0 radical (unpaired) electrons. The van der Waals surface area contributed by atoms with E-state index in [1.165, 1.54) is 0 Å². The largest absolute Gasteiger partial charge is 0.497 e. The molecule has 9 heteroatoms. The summed E-state index contributed by atoms with van der Waals surface area (Å²) in [5.41, 5.74) is 1.54. The van der Waals surface area contributed by atoms with E-state index in [0.717, 1.165) is 28.8 Å². The second-order valence-electron chi connectivity index (χ2n) is 8.25. The number of carbonyl (C=O) groups excluding carboxylic acids is 1. The Hall–Kier alpha value is -3.72. The Morgan fingerprint density at radius 1 is 1.03 bits per heavy atom. The van der Waals surface area contributed by atoms with Gasteiger partial charge in [-0.2, -0.15) is 0 Å². The standard InChI is InChI=1S/C25H27N3O6/c1-31-19-6-3-17-4-8-24(29)27(21(17)14-19)10-2-9-26-15-20-16-28(25(30)34-20)18-5-7-22-23(13-18)33-12-11-32-22/h3-8,13-14,20,26H,2,9-12,15-16H2,1H3. The summed E-state index contributed by atoms with van der Waals surface area (Å²) in [4.78, 5) is 26.4. The molecule has 0 saturated carbocycles. The summed E-state index contributed by atoms with van der Waals surface area (Å²) in [6.07, 6.45) is 0.118. The van der Waals surface area contributed by atoms with Crippen molar-refractivity contribution < 1.29 is 23.7 Å². The molecule has 3 heterocycles. The van der Waals surface area contributed by atoms with Crippen molar-refractivity contribution in [2.24, 2.45) is 0 Å². The number of nitrogens with one attached hydrogen (secondary N) is 1. The van der Waals surface area contributed by atoms with Gasteiger partial charge >= 0.3 is 6.09 Å². The van der Waals surface area contributed by atoms with Crippen LogP contribution in [0.2, 0.25) is 0 Å². The molecule has 1 fully saturated rings. The van der Waals surface area contributed by atoms with Gasteiger partial charge in [-0.1, -0.05) is 0 Å². The number of aromatic nitrogens is 1. The molecule has 0 bridgehead atoms. The molecule has 1 aromatic heterocycles. The number of methoxy groups -OCH3 is 1. The lowest BCUT2D eigenvalue weighted by molar-refractivity contribution is 0.140. The topological polar surface area (TPSA) is 91.3 Å². The Bertz CT molecular complexity index is 1260. The molecule has 1 saturated heterocycles. The zero-order valence-corrected chi connectivity index (χ0v) is 19.0. The van der Waals surface area contributed by atoms with Crippen LogP contribution in [0.4, 0.5) is 10.5 Å². The van der Waals surface area contributed by atoms with Gasteiger partial charge in [0.25, 0.3) is 5.56 Å². The number of benzene rings is 2. The van der Waals surface area contributed by atoms with Crippen molar-refractivity contribution in [3.63, 3.8) is 0 Å². The van der Waals surface area contributed by atoms with Crippen molar-refractivity contribution in [2.75, 3.05) is 44.9 Å². The third-order valence-corrected chi connectivity index (χ3v) is 6.02. The Balaban J connectivity index is 1.14. The van der Waals surface area contributed by atoms with Crippen LogP contribution in [0, 0.1) is 0 Å². The summed E-state index contributed by atoms with van der Waals surface area (Å²) < 4.78 is 23.8. The first kappa shape index (κ1) is 22.1. The van der Waals surface area contributed by atoms with E-state index in [1.54, 1.807) is 22.6 Å². The zero-order chi connectivity index (χ0) is 23.5. The average Bonchev–Trinajstić information content (AvgIpc) is 3.24. The van der Waals surface area contributed by atoms with Crippen LogP contribution in [-0.2, 0) is 11.3 Å². The number of rotatable bonds is 8. The van der Waals surface area contributed by atoms with Gasteiger partial charge in [0.2, 0.25) is 0 Å². The predicted octanol–water partition coefficient (Wildman–Crippen LogP) is 2.79. The number of ether oxygens (including phenoxy) is 4. The maximum Gasteiger partial charge on any atom is 0.414 e. The Kier molecular flexibility index (Phi) is 6.27. The molecule has 0 aliphatic carbocycles. The van der Waals surface area contributed by atoms with Gasteiger partial charge in [0, 0.05) is 31.3 Å². The van der Waals surface area contributed by atoms with Crippen LogP contribution in [0.15, 0.2) is 53.3 Å². The highest BCUT2D eigenvalue weighted by Gasteiger charge is 2.32. The van der Waals surface area contributed by atoms with Gasteiger partial charge in [0.05, 0.1) is 24.9 Å². The van der Waals surface area contributed by atoms with Crippen LogP contribution in [0.5, 0.6) is 17.2 Å². The van der Waals surface area contributed by atoms with E-state index >= 15 is 0 Å². The van der Waals surface area contributed by atoms with Gasteiger partial charge in [-0.15, -0.1) is 0 Å². The average molecular weight is 466 g/mol. The summed E-state index contributed by atoms with van der Waals surface area (Å²) in [6, 6.07) is 14.6. The molecular formula is C25H27N3O6. The highest BCUT2D eigenvalue weighted by molar-refractivity contribution is 5.90. The fourth-order valence-corrected chi connectivity index (χ4v) is 4.29. The van der Waals surface area contributed by atoms with Crippen molar-refractivity contribution >= 4 is 22.7 Å². The second kappa shape index (κ2) is 9.64. The summed E-state index contributed by atoms with van der Waals surface area (Å²) in [5, 5.41) is 4.33. The van der Waals surface area contributed by atoms with E-state index in [-0.39, 0.29) is 17.8 Å². The van der Waals surface area contributed by atoms with Crippen molar-refractivity contribution in [3.05, 3.63) is 58.9 Å². The molecule has 1 amide bonds. The van der Waals surface area contributed by atoms with E-state index in [0.29, 0.717) is 50.9 Å². The summed E-state index contributed by atoms with van der Waals surface area (Å²) in [7, 11) is 1.61. The number of fused-ring (bicyclic) bond motifs is 2. The molecular weight excluding hydrogens is 438 g/mol. The number of amides is 1. The number of nitrogens with zero attached hydrogens (tertiary/aromatic N) is 2. The molecule has 3 aromatic rings. The molecule has 178 valence electrons. The van der Waals surface area contributed by atoms with Gasteiger partial charge in [-0.3, -0.25) is 9.69 Å². The maximum absolute atomic E-state index is 12.4. The third-order valence-electron chi connectivity index (χ3n) is 6.02. The number of pyridine rings is 1. The fraction of sp³-hybridized carbons (Fsp3) is 0.360. The SMILES string of the molecule is COc1ccc2ccc(=O)n(CCCNCC3CN(c4ccc5c(c4)OCCO5)C(=O)O3)c2c1. The third kappa shape index (κ3) is 4.51. The van der Waals surface area contributed by atoms with Gasteiger partial charge < -0.3 is 28.8 Å². The lowest BCUT2D eigenvalue weighted by Crippen LogP contribution is -2.32. The van der Waals surface area contributed by atoms with E-state index in [4.69, 9.17) is 18.9 Å². The first-order valence-corrected chi connectivity index (χ1v) is 11.4. The van der Waals surface area contributed by atoms with Crippen LogP contribution in [0.1, 0.15) is 6.42 Å². The van der Waals surface area contributed by atoms with Crippen LogP contribution in [0.3, 0.4) is 0 Å². The lowest BCUT2D eigenvalue weighted by Gasteiger charge is -2.21. The molecule has 1 unspecified atom stereocenters. The van der Waals surface area contributed by atoms with Gasteiger partial charge in [-0.05, 0) is 48.7 Å². The van der Waals surface area contributed by atoms with Crippen molar-refractivity contribution in [3.8, 4) is 17.2 Å². The second-order valence-corrected chi connectivity index (χ2v) is 8.25. The Morgan fingerprint density at radius 3 is 2.71 bits per heavy atom. The van der Waals surface area contributed by atoms with Crippen LogP contribution in [-0.4, -0.2) is 56.7 Å². The number of cyclic esters (lactones) is 1. The normalized spacial score (nSPS) is 17.1. The summed E-state index contributed by atoms with van der Waals surface area (Å²) >= 11 is 0. The molecule has 34 heavy (non-hydrogen) atoms. The molecule has 1 atom stereocenters. The van der Waals surface area contributed by atoms with Gasteiger partial charge in [-0.25, -0.2) is 4.79 Å². The Morgan fingerprint density at radius 2 is 1.85 bits per heavy atom. The van der Waals surface area contributed by atoms with Gasteiger partial charge in [0.15, 0.2) is 11.5 Å². The van der Waals surface area contributed by atoms with Crippen LogP contribution < -0.4 is 30.0 Å². The highest BCUT2D eigenvalue weighted by atomic mass is 16.6. The first-order valence-electron chi connectivity index (χ1n) is 11.4. The van der Waals surface area contributed by atoms with E-state index < -0.39 is 0 Å². The number of anilines is 1. The smallest absolute Gasteiger partial charge is 0.414 e. The number of aryl methyl sites for hydroxylation is 1. The highest BCUT2D eigenvalue weighted by Crippen LogP contribution is 2.35. The monoisotopic (exact) mass is 465 g/mol. The molecule has 2 aliphatic rings. The quantitative estimate of drug-likeness (QED) is 0.512. The number of carbonyl (C=O) groups is 1. The lowest BCUT2D eigenvalue weighted by atomic mass is 10.2. The maximum atomic E-state index is 12.4. The number of hydrogen-bond acceptors (Lipinski definition) is 7. The molecule has 2 aromatic carbocycles. The molecule has 5 rings (SSSR count). The van der Waals surface area contributed by atoms with Crippen molar-refractivity contribution in [1.29, 1.82) is 0 Å². The molecule has 0 spiro atoms. The predicted molar refractivity (Wildman–Crippen MR) is 127 cm³/mol. The Labute approximate surface area is 196 Å². The van der Waals surface area contributed by atoms with Crippen LogP contribution in [0.25, 0.3) is 10.9 Å². The van der Waals surface area contributed by atoms with Gasteiger partial charge in [0.1, 0.15) is 25.1 Å². The van der Waals surface area contributed by atoms with Crippen molar-refractivity contribution in [1.82, 2.24) is 9.88 Å². The minimum Gasteiger partial charge on any atom is -0.497 e. The molecule has 1 N–H and O–H groups in total. The van der Waals surface area contributed by atoms with E-state index in [9.17, 15) is 9.59 Å². The minimum atomic E-state index is -0.375. The minimum absolute atomic E-state index is 0.0412. The number of hydrogen-bond donors (Lipinski definition) is 1. The summed E-state index contributed by atoms with van der Waals surface area (Å²) in [6.45, 7) is 3.26. The first-order chi connectivity index (χ1) is 16.6. The summed E-state index contributed by atoms with van der Waals surface area (Å²) in [5.74, 6) is 2.04. The van der Waals surface area contributed by atoms with Crippen LogP contribution >= 0.6 is 0 Å². The fourth-order valence-electron chi connectivity index (χ4n) is 4.29. The molecule has 9 nitrogen and oxygen atoms in total. The molecule has 2 aliphatic heterocycles. The zero-order valence-electron chi connectivity index (χ0n) is 19.0. The van der Waals surface area contributed by atoms with E-state index in [2.05, 4.69) is 5.32 Å². The van der Waals surface area contributed by atoms with E-state index in [1.807, 2.05) is 42.5 Å².